The predicted octanol–water partition coefficient (Wildman–Crippen LogP) is 0.285. The van der Waals surface area contributed by atoms with Crippen molar-refractivity contribution in [3.05, 3.63) is 35.9 Å². The van der Waals surface area contributed by atoms with Crippen LogP contribution in [-0.4, -0.2) is 44.3 Å². The van der Waals surface area contributed by atoms with Crippen LogP contribution in [0, 0.1) is 5.92 Å². The molecule has 2 amide bonds. The number of nitrogens with one attached hydrogen (secondary N) is 2. The Balaban J connectivity index is 1.72. The van der Waals surface area contributed by atoms with Crippen molar-refractivity contribution in [2.45, 2.75) is 25.8 Å². The molecular weight excluding hydrogens is 316 g/mol. The van der Waals surface area contributed by atoms with E-state index < -0.39 is 9.84 Å². The Hall–Kier alpha value is -1.89. The van der Waals surface area contributed by atoms with Crippen LogP contribution in [0.1, 0.15) is 18.9 Å². The van der Waals surface area contributed by atoms with E-state index >= 15 is 0 Å². The zero-order chi connectivity index (χ0) is 16.9. The highest BCUT2D eigenvalue weighted by Gasteiger charge is 2.28. The zero-order valence-corrected chi connectivity index (χ0v) is 13.9. The first-order valence-electron chi connectivity index (χ1n) is 7.67. The largest absolute Gasteiger partial charge is 0.351 e. The van der Waals surface area contributed by atoms with Gasteiger partial charge in [-0.25, -0.2) is 8.42 Å². The van der Waals surface area contributed by atoms with Crippen LogP contribution in [-0.2, 0) is 25.8 Å². The normalized spacial score (nSPS) is 20.7. The van der Waals surface area contributed by atoms with E-state index in [9.17, 15) is 18.0 Å². The third-order valence-electron chi connectivity index (χ3n) is 3.85. The van der Waals surface area contributed by atoms with Crippen LogP contribution >= 0.6 is 0 Å². The first-order valence-corrected chi connectivity index (χ1v) is 9.49. The summed E-state index contributed by atoms with van der Waals surface area (Å²) < 4.78 is 22.7. The average molecular weight is 338 g/mol. The molecule has 0 radical (unpaired) electrons. The van der Waals surface area contributed by atoms with Crippen LogP contribution in [0.5, 0.6) is 0 Å². The molecule has 1 aromatic carbocycles. The molecule has 2 N–H and O–H groups in total. The SMILES string of the molecule is C[C@H](Cc1ccccc1)C(=O)NCC(=O)N[C@@H]1CCS(=O)(=O)C1. The van der Waals surface area contributed by atoms with Gasteiger partial charge in [0.1, 0.15) is 0 Å². The van der Waals surface area contributed by atoms with Gasteiger partial charge >= 0.3 is 0 Å². The van der Waals surface area contributed by atoms with Gasteiger partial charge in [0, 0.05) is 12.0 Å². The monoisotopic (exact) mass is 338 g/mol. The lowest BCUT2D eigenvalue weighted by molar-refractivity contribution is -0.128. The minimum absolute atomic E-state index is 0.0168. The van der Waals surface area contributed by atoms with Gasteiger partial charge in [-0.05, 0) is 18.4 Å². The molecular formula is C16H22N2O4S. The maximum Gasteiger partial charge on any atom is 0.239 e. The van der Waals surface area contributed by atoms with E-state index in [2.05, 4.69) is 10.6 Å². The van der Waals surface area contributed by atoms with Crippen LogP contribution in [0.3, 0.4) is 0 Å². The van der Waals surface area contributed by atoms with Crippen molar-refractivity contribution >= 4 is 21.7 Å². The Labute approximate surface area is 136 Å². The number of hydrogen-bond donors (Lipinski definition) is 2. The van der Waals surface area contributed by atoms with Crippen LogP contribution in [0.4, 0.5) is 0 Å². The lowest BCUT2D eigenvalue weighted by atomic mass is 10.0. The van der Waals surface area contributed by atoms with Gasteiger partial charge in [-0.1, -0.05) is 37.3 Å². The number of benzene rings is 1. The summed E-state index contributed by atoms with van der Waals surface area (Å²) in [5.74, 6) is -0.692. The first-order chi connectivity index (χ1) is 10.9. The van der Waals surface area contributed by atoms with Gasteiger partial charge in [0.25, 0.3) is 0 Å². The van der Waals surface area contributed by atoms with Gasteiger partial charge in [0.15, 0.2) is 9.84 Å². The van der Waals surface area contributed by atoms with Crippen LogP contribution in [0.15, 0.2) is 30.3 Å². The topological polar surface area (TPSA) is 92.3 Å². The number of carbonyl (C=O) groups is 2. The maximum atomic E-state index is 12.0. The van der Waals surface area contributed by atoms with Gasteiger partial charge in [0.05, 0.1) is 18.1 Å². The van der Waals surface area contributed by atoms with E-state index in [1.165, 1.54) is 0 Å². The molecule has 1 aliphatic heterocycles. The third kappa shape index (κ3) is 5.67. The minimum Gasteiger partial charge on any atom is -0.351 e. The molecule has 2 rings (SSSR count). The highest BCUT2D eigenvalue weighted by molar-refractivity contribution is 7.91. The van der Waals surface area contributed by atoms with E-state index in [1.807, 2.05) is 37.3 Å². The molecule has 1 heterocycles. The molecule has 1 aliphatic rings. The van der Waals surface area contributed by atoms with Crippen LogP contribution < -0.4 is 10.6 Å². The number of rotatable bonds is 6. The van der Waals surface area contributed by atoms with Crippen molar-refractivity contribution < 1.29 is 18.0 Å². The molecule has 0 bridgehead atoms. The summed E-state index contributed by atoms with van der Waals surface area (Å²) in [5.41, 5.74) is 1.07. The average Bonchev–Trinajstić information content (AvgIpc) is 2.84. The lowest BCUT2D eigenvalue weighted by Crippen LogP contribution is -2.43. The van der Waals surface area contributed by atoms with Crippen LogP contribution in [0.25, 0.3) is 0 Å². The van der Waals surface area contributed by atoms with Gasteiger partial charge in [0.2, 0.25) is 11.8 Å². The highest BCUT2D eigenvalue weighted by Crippen LogP contribution is 2.11. The van der Waals surface area contributed by atoms with Gasteiger partial charge < -0.3 is 10.6 Å². The summed E-state index contributed by atoms with van der Waals surface area (Å²) in [6.45, 7) is 1.68. The standard InChI is InChI=1S/C16H22N2O4S/c1-12(9-13-5-3-2-4-6-13)16(20)17-10-15(19)18-14-7-8-23(21,22)11-14/h2-6,12,14H,7-11H2,1H3,(H,17,20)(H,18,19)/t12-,14-/m1/s1. The molecule has 1 fully saturated rings. The van der Waals surface area contributed by atoms with Crippen LogP contribution in [0.2, 0.25) is 0 Å². The number of sulfone groups is 1. The second kappa shape index (κ2) is 7.59. The number of carbonyl (C=O) groups excluding carboxylic acids is 2. The summed E-state index contributed by atoms with van der Waals surface area (Å²) in [4.78, 5) is 23.8. The molecule has 0 unspecified atom stereocenters. The molecule has 7 heteroatoms. The van der Waals surface area contributed by atoms with E-state index in [1.54, 1.807) is 0 Å². The second-order valence-electron chi connectivity index (χ2n) is 5.98. The summed E-state index contributed by atoms with van der Waals surface area (Å²) in [5, 5.41) is 5.24. The van der Waals surface area contributed by atoms with Crippen molar-refractivity contribution in [3.63, 3.8) is 0 Å². The zero-order valence-electron chi connectivity index (χ0n) is 13.1. The Bertz CT molecular complexity index is 658. The fourth-order valence-corrected chi connectivity index (χ4v) is 4.26. The second-order valence-corrected chi connectivity index (χ2v) is 8.20. The first kappa shape index (κ1) is 17.5. The molecule has 1 saturated heterocycles. The summed E-state index contributed by atoms with van der Waals surface area (Å²) >= 11 is 0. The van der Waals surface area contributed by atoms with Gasteiger partial charge in [-0.3, -0.25) is 9.59 Å². The van der Waals surface area contributed by atoms with Crippen molar-refractivity contribution in [2.24, 2.45) is 5.92 Å². The lowest BCUT2D eigenvalue weighted by Gasteiger charge is -2.14. The highest BCUT2D eigenvalue weighted by atomic mass is 32.2. The van der Waals surface area contributed by atoms with Gasteiger partial charge in [-0.15, -0.1) is 0 Å². The predicted molar refractivity (Wildman–Crippen MR) is 87.5 cm³/mol. The van der Waals surface area contributed by atoms with E-state index in [4.69, 9.17) is 0 Å². The smallest absolute Gasteiger partial charge is 0.239 e. The summed E-state index contributed by atoms with van der Waals surface area (Å²) in [6, 6.07) is 9.33. The van der Waals surface area contributed by atoms with E-state index in [0.29, 0.717) is 12.8 Å². The maximum absolute atomic E-state index is 12.0. The van der Waals surface area contributed by atoms with Crippen molar-refractivity contribution in [3.8, 4) is 0 Å². The van der Waals surface area contributed by atoms with Crippen molar-refractivity contribution in [1.82, 2.24) is 10.6 Å². The number of hydrogen-bond acceptors (Lipinski definition) is 4. The minimum atomic E-state index is -3.02. The molecule has 0 saturated carbocycles. The molecule has 6 nitrogen and oxygen atoms in total. The summed E-state index contributed by atoms with van der Waals surface area (Å²) in [7, 11) is -3.02. The summed E-state index contributed by atoms with van der Waals surface area (Å²) in [6.07, 6.45) is 1.04. The fraction of sp³-hybridized carbons (Fsp3) is 0.500. The number of amides is 2. The van der Waals surface area contributed by atoms with Crippen molar-refractivity contribution in [2.75, 3.05) is 18.1 Å². The fourth-order valence-electron chi connectivity index (χ4n) is 2.59. The molecule has 23 heavy (non-hydrogen) atoms. The Morgan fingerprint density at radius 1 is 1.26 bits per heavy atom. The molecule has 126 valence electrons. The Morgan fingerprint density at radius 3 is 2.57 bits per heavy atom. The molecule has 0 aromatic heterocycles. The quantitative estimate of drug-likeness (QED) is 0.779. The molecule has 1 aromatic rings. The van der Waals surface area contributed by atoms with Gasteiger partial charge in [-0.2, -0.15) is 0 Å². The van der Waals surface area contributed by atoms with Crippen molar-refractivity contribution in [1.29, 1.82) is 0 Å². The molecule has 0 spiro atoms. The van der Waals surface area contributed by atoms with E-state index in [0.717, 1.165) is 5.56 Å². The third-order valence-corrected chi connectivity index (χ3v) is 5.62. The molecule has 0 aliphatic carbocycles. The molecule has 2 atom stereocenters. The Morgan fingerprint density at radius 2 is 1.96 bits per heavy atom. The van der Waals surface area contributed by atoms with E-state index in [-0.39, 0.29) is 41.8 Å². The Kier molecular flexibility index (Phi) is 5.76.